The van der Waals surface area contributed by atoms with Gasteiger partial charge in [-0.3, -0.25) is 0 Å². The summed E-state index contributed by atoms with van der Waals surface area (Å²) in [5, 5.41) is 2.83. The molecule has 0 bridgehead atoms. The first kappa shape index (κ1) is 24.8. The largest absolute Gasteiger partial charge is 0.673 e. The van der Waals surface area contributed by atoms with Crippen LogP contribution in [0.5, 0.6) is 0 Å². The van der Waals surface area contributed by atoms with Gasteiger partial charge in [0.2, 0.25) is 0 Å². The van der Waals surface area contributed by atoms with Gasteiger partial charge in [-0.05, 0) is 69.2 Å². The molecule has 0 amide bonds. The maximum Gasteiger partial charge on any atom is 0.673 e. The first-order chi connectivity index (χ1) is 13.0. The van der Waals surface area contributed by atoms with Crippen molar-refractivity contribution in [3.05, 3.63) is 51.9 Å². The molecule has 0 radical (unpaired) electrons. The summed E-state index contributed by atoms with van der Waals surface area (Å²) in [6.07, 6.45) is 3.41. The van der Waals surface area contributed by atoms with E-state index >= 15 is 0 Å². The highest BCUT2D eigenvalue weighted by molar-refractivity contribution is 8.02. The van der Waals surface area contributed by atoms with E-state index in [-0.39, 0.29) is 0 Å². The van der Waals surface area contributed by atoms with Gasteiger partial charge in [-0.15, -0.1) is 11.8 Å². The maximum atomic E-state index is 9.75. The summed E-state index contributed by atoms with van der Waals surface area (Å²) in [5.41, 5.74) is 6.05. The number of quaternary nitrogens is 1. The molecule has 1 atom stereocenters. The summed E-state index contributed by atoms with van der Waals surface area (Å²) in [4.78, 5) is 0. The quantitative estimate of drug-likeness (QED) is 0.193. The molecule has 1 aromatic carbocycles. The Hall–Kier alpha value is -1.21. The summed E-state index contributed by atoms with van der Waals surface area (Å²) in [7, 11) is -6.00. The lowest BCUT2D eigenvalue weighted by Gasteiger charge is -2.36. The van der Waals surface area contributed by atoms with Crippen molar-refractivity contribution in [3.8, 4) is 0 Å². The van der Waals surface area contributed by atoms with Crippen molar-refractivity contribution >= 4 is 25.1 Å². The Morgan fingerprint density at radius 1 is 0.964 bits per heavy atom. The number of allylic oxidation sites excluding steroid dienone is 1. The number of rotatable bonds is 7. The third-order valence-corrected chi connectivity index (χ3v) is 6.68. The number of hydrogen-bond donors (Lipinski definition) is 0. The SMILES string of the molecule is CC[N+](CC)(CC)C/C(C)=C(/C)CC1SC=Cc2ccccc21.F[B-](F)(F)F. The molecule has 0 saturated heterocycles. The molecule has 1 unspecified atom stereocenters. The molecule has 1 heterocycles. The lowest BCUT2D eigenvalue weighted by molar-refractivity contribution is -0.918. The Bertz CT molecular complexity index is 667. The van der Waals surface area contributed by atoms with E-state index in [0.29, 0.717) is 5.25 Å². The molecule has 1 aliphatic rings. The predicted octanol–water partition coefficient (Wildman–Crippen LogP) is 7.35. The zero-order valence-corrected chi connectivity index (χ0v) is 18.3. The Kier molecular flexibility index (Phi) is 9.85. The molecule has 0 spiro atoms. The highest BCUT2D eigenvalue weighted by Crippen LogP contribution is 2.41. The second kappa shape index (κ2) is 11.1. The van der Waals surface area contributed by atoms with Crippen molar-refractivity contribution in [1.29, 1.82) is 0 Å². The number of nitrogens with zero attached hydrogens (tertiary/aromatic N) is 1. The van der Waals surface area contributed by atoms with Gasteiger partial charge in [-0.25, -0.2) is 0 Å². The summed E-state index contributed by atoms with van der Waals surface area (Å²) >= 11 is 1.97. The van der Waals surface area contributed by atoms with Crippen molar-refractivity contribution < 1.29 is 21.7 Å². The van der Waals surface area contributed by atoms with Crippen molar-refractivity contribution in [2.24, 2.45) is 0 Å². The molecule has 0 N–H and O–H groups in total. The fraction of sp³-hybridized carbons (Fsp3) is 0.524. The monoisotopic (exact) mass is 417 g/mol. The van der Waals surface area contributed by atoms with Crippen molar-refractivity contribution in [1.82, 2.24) is 0 Å². The van der Waals surface area contributed by atoms with Crippen LogP contribution >= 0.6 is 11.8 Å². The van der Waals surface area contributed by atoms with Crippen LogP contribution in [0.25, 0.3) is 6.08 Å². The molecule has 1 nitrogen and oxygen atoms in total. The Morgan fingerprint density at radius 3 is 2.04 bits per heavy atom. The Morgan fingerprint density at radius 2 is 1.50 bits per heavy atom. The number of fused-ring (bicyclic) bond motifs is 1. The normalized spacial score (nSPS) is 17.4. The van der Waals surface area contributed by atoms with Gasteiger partial charge < -0.3 is 21.7 Å². The number of benzene rings is 1. The Labute approximate surface area is 171 Å². The molecular formula is C21H32BF4NS. The van der Waals surface area contributed by atoms with Crippen LogP contribution < -0.4 is 0 Å². The molecule has 7 heteroatoms. The summed E-state index contributed by atoms with van der Waals surface area (Å²) < 4.78 is 40.2. The zero-order valence-electron chi connectivity index (χ0n) is 17.5. The minimum absolute atomic E-state index is 0.568. The van der Waals surface area contributed by atoms with Crippen molar-refractivity contribution in [2.75, 3.05) is 26.2 Å². The average Bonchev–Trinajstić information content (AvgIpc) is 2.65. The smallest absolute Gasteiger partial charge is 0.418 e. The third-order valence-electron chi connectivity index (χ3n) is 5.64. The minimum Gasteiger partial charge on any atom is -0.418 e. The minimum atomic E-state index is -6.00. The van der Waals surface area contributed by atoms with E-state index in [1.54, 1.807) is 11.1 Å². The highest BCUT2D eigenvalue weighted by atomic mass is 32.2. The molecular weight excluding hydrogens is 385 g/mol. The fourth-order valence-corrected chi connectivity index (χ4v) is 4.61. The fourth-order valence-electron chi connectivity index (χ4n) is 3.49. The molecule has 1 aromatic rings. The first-order valence-corrected chi connectivity index (χ1v) is 10.8. The van der Waals surface area contributed by atoms with E-state index in [1.807, 2.05) is 11.8 Å². The van der Waals surface area contributed by atoms with Crippen LogP contribution in [0.15, 0.2) is 40.8 Å². The van der Waals surface area contributed by atoms with Crippen molar-refractivity contribution in [2.45, 2.75) is 46.3 Å². The van der Waals surface area contributed by atoms with Gasteiger partial charge in [0.1, 0.15) is 6.54 Å². The van der Waals surface area contributed by atoms with Gasteiger partial charge in [-0.1, -0.05) is 29.8 Å². The molecule has 0 fully saturated rings. The van der Waals surface area contributed by atoms with Crippen LogP contribution in [0.2, 0.25) is 0 Å². The van der Waals surface area contributed by atoms with E-state index in [4.69, 9.17) is 0 Å². The lowest BCUT2D eigenvalue weighted by atomic mass is 9.97. The van der Waals surface area contributed by atoms with E-state index < -0.39 is 7.25 Å². The second-order valence-corrected chi connectivity index (χ2v) is 8.38. The van der Waals surface area contributed by atoms with Gasteiger partial charge in [0.15, 0.2) is 0 Å². The molecule has 28 heavy (non-hydrogen) atoms. The molecule has 0 aliphatic carbocycles. The Balaban J connectivity index is 0.000000696. The number of thioether (sulfide) groups is 1. The van der Waals surface area contributed by atoms with Crippen LogP contribution in [0.4, 0.5) is 17.3 Å². The summed E-state index contributed by atoms with van der Waals surface area (Å²) in [5.74, 6) is 0. The van der Waals surface area contributed by atoms with Crippen LogP contribution in [-0.2, 0) is 0 Å². The highest BCUT2D eigenvalue weighted by Gasteiger charge is 2.23. The predicted molar refractivity (Wildman–Crippen MR) is 116 cm³/mol. The van der Waals surface area contributed by atoms with Gasteiger partial charge in [0.25, 0.3) is 0 Å². The van der Waals surface area contributed by atoms with E-state index in [1.165, 1.54) is 41.8 Å². The average molecular weight is 417 g/mol. The topological polar surface area (TPSA) is 0 Å². The van der Waals surface area contributed by atoms with Crippen LogP contribution in [0, 0.1) is 0 Å². The molecule has 0 saturated carbocycles. The van der Waals surface area contributed by atoms with E-state index in [2.05, 4.69) is 70.4 Å². The number of hydrogen-bond acceptors (Lipinski definition) is 1. The molecule has 2 rings (SSSR count). The van der Waals surface area contributed by atoms with E-state index in [0.717, 1.165) is 6.42 Å². The van der Waals surface area contributed by atoms with Crippen LogP contribution in [-0.4, -0.2) is 37.9 Å². The number of halogens is 4. The zero-order chi connectivity index (χ0) is 21.4. The maximum absolute atomic E-state index is 9.75. The van der Waals surface area contributed by atoms with Crippen LogP contribution in [0.1, 0.15) is 57.4 Å². The first-order valence-electron chi connectivity index (χ1n) is 9.83. The lowest BCUT2D eigenvalue weighted by Crippen LogP contribution is -2.48. The third kappa shape index (κ3) is 8.04. The number of likely N-dealkylation sites (N-methyl/N-ethyl adjacent to an activating group) is 1. The second-order valence-electron chi connectivity index (χ2n) is 7.26. The van der Waals surface area contributed by atoms with Gasteiger partial charge in [0, 0.05) is 5.25 Å². The van der Waals surface area contributed by atoms with Gasteiger partial charge in [0.05, 0.1) is 19.6 Å². The van der Waals surface area contributed by atoms with Crippen LogP contribution in [0.3, 0.4) is 0 Å². The molecule has 1 aliphatic heterocycles. The standard InChI is InChI=1S/C21H32NS.BF4/c1-6-22(7-2,8-3)16-18(5)17(4)15-21-20-12-10-9-11-19(20)13-14-23-21;2-1(3,4)5/h9-14,21H,6-8,15-16H2,1-5H3;/q+1;-1/b18-17-;. The molecule has 0 aromatic heterocycles. The summed E-state index contributed by atoms with van der Waals surface area (Å²) in [6, 6.07) is 8.84. The molecule has 158 valence electrons. The van der Waals surface area contributed by atoms with Crippen molar-refractivity contribution in [3.63, 3.8) is 0 Å². The van der Waals surface area contributed by atoms with Gasteiger partial charge in [-0.2, -0.15) is 0 Å². The van der Waals surface area contributed by atoms with E-state index in [9.17, 15) is 17.3 Å². The summed E-state index contributed by atoms with van der Waals surface area (Å²) in [6.45, 7) is 16.5. The van der Waals surface area contributed by atoms with Gasteiger partial charge >= 0.3 is 7.25 Å².